The molecule has 2 aliphatic rings. The Balaban J connectivity index is 1.89. The van der Waals surface area contributed by atoms with Crippen LogP contribution in [0.15, 0.2) is 28.6 Å². The highest BCUT2D eigenvalue weighted by Crippen LogP contribution is 2.33. The Kier molecular flexibility index (Phi) is 6.16. The number of aromatic nitrogens is 2. The molecule has 0 unspecified atom stereocenters. The maximum absolute atomic E-state index is 12.8. The number of carbonyl (C=O) groups is 1. The van der Waals surface area contributed by atoms with Gasteiger partial charge in [0, 0.05) is 12.5 Å². The summed E-state index contributed by atoms with van der Waals surface area (Å²) in [7, 11) is -4.13. The standard InChI is InChI=1S/C18H22F3N5O3S/c1-3-26-14(17(27)24-16-10-22-9-15(23-16)18(19,20)21)8-13(25-30(26,28)29)12-6-4-11(2)5-7-12/h8-12H,3-7H2,1-2H3,(H,23,24,27). The third-order valence-electron chi connectivity index (χ3n) is 5.17. The van der Waals surface area contributed by atoms with E-state index in [0.717, 1.165) is 36.2 Å². The Morgan fingerprint density at radius 1 is 1.23 bits per heavy atom. The Morgan fingerprint density at radius 2 is 1.90 bits per heavy atom. The van der Waals surface area contributed by atoms with Gasteiger partial charge >= 0.3 is 16.4 Å². The minimum atomic E-state index is -4.73. The van der Waals surface area contributed by atoms with Crippen LogP contribution in [0.25, 0.3) is 0 Å². The molecule has 164 valence electrons. The lowest BCUT2D eigenvalue weighted by atomic mass is 9.80. The van der Waals surface area contributed by atoms with E-state index in [2.05, 4.69) is 26.6 Å². The van der Waals surface area contributed by atoms with Crippen LogP contribution < -0.4 is 5.32 Å². The van der Waals surface area contributed by atoms with Crippen molar-refractivity contribution in [2.45, 2.75) is 45.7 Å². The number of allylic oxidation sites excluding steroid dienone is 1. The normalized spacial score (nSPS) is 24.1. The van der Waals surface area contributed by atoms with Gasteiger partial charge in [-0.25, -0.2) is 9.29 Å². The molecule has 0 spiro atoms. The van der Waals surface area contributed by atoms with Crippen LogP contribution in [0, 0.1) is 11.8 Å². The minimum absolute atomic E-state index is 0.0612. The van der Waals surface area contributed by atoms with Gasteiger partial charge in [-0.2, -0.15) is 21.6 Å². The van der Waals surface area contributed by atoms with Gasteiger partial charge in [0.15, 0.2) is 11.5 Å². The topological polar surface area (TPSA) is 105 Å². The van der Waals surface area contributed by atoms with Gasteiger partial charge in [-0.3, -0.25) is 9.78 Å². The molecular weight excluding hydrogens is 423 g/mol. The van der Waals surface area contributed by atoms with E-state index in [1.54, 1.807) is 0 Å². The number of hydrogen-bond donors (Lipinski definition) is 1. The van der Waals surface area contributed by atoms with E-state index >= 15 is 0 Å². The first-order valence-corrected chi connectivity index (χ1v) is 11.0. The fourth-order valence-electron chi connectivity index (χ4n) is 3.55. The summed E-state index contributed by atoms with van der Waals surface area (Å²) in [5, 5.41) is 2.21. The third-order valence-corrected chi connectivity index (χ3v) is 6.63. The summed E-state index contributed by atoms with van der Waals surface area (Å²) >= 11 is 0. The number of nitrogens with one attached hydrogen (secondary N) is 1. The van der Waals surface area contributed by atoms with Crippen LogP contribution in [0.2, 0.25) is 0 Å². The Morgan fingerprint density at radius 3 is 2.50 bits per heavy atom. The predicted octanol–water partition coefficient (Wildman–Crippen LogP) is 3.17. The summed E-state index contributed by atoms with van der Waals surface area (Å²) in [4.78, 5) is 19.6. The molecule has 0 radical (unpaired) electrons. The first-order valence-electron chi connectivity index (χ1n) is 9.56. The van der Waals surface area contributed by atoms with Crippen LogP contribution >= 0.6 is 0 Å². The van der Waals surface area contributed by atoms with Crippen molar-refractivity contribution in [1.29, 1.82) is 0 Å². The van der Waals surface area contributed by atoms with Crippen molar-refractivity contribution in [2.75, 3.05) is 11.9 Å². The van der Waals surface area contributed by atoms with Crippen molar-refractivity contribution in [3.05, 3.63) is 29.9 Å². The average Bonchev–Trinajstić information content (AvgIpc) is 2.66. The molecule has 3 rings (SSSR count). The van der Waals surface area contributed by atoms with Crippen molar-refractivity contribution in [3.63, 3.8) is 0 Å². The van der Waals surface area contributed by atoms with Crippen LogP contribution in [0.1, 0.15) is 45.2 Å². The summed E-state index contributed by atoms with van der Waals surface area (Å²) in [6, 6.07) is 0. The Labute approximate surface area is 172 Å². The molecule has 0 bridgehead atoms. The quantitative estimate of drug-likeness (QED) is 0.767. The SMILES string of the molecule is CCN1C(C(=O)Nc2cncc(C(F)(F)F)n2)=CC(C2CCC(C)CC2)=NS1(=O)=O. The van der Waals surface area contributed by atoms with Crippen molar-refractivity contribution in [3.8, 4) is 0 Å². The number of anilines is 1. The maximum Gasteiger partial charge on any atom is 0.434 e. The van der Waals surface area contributed by atoms with Gasteiger partial charge in [0.05, 0.1) is 18.1 Å². The minimum Gasteiger partial charge on any atom is -0.304 e. The molecule has 0 aromatic carbocycles. The lowest BCUT2D eigenvalue weighted by molar-refractivity contribution is -0.141. The van der Waals surface area contributed by atoms with E-state index in [9.17, 15) is 26.4 Å². The third kappa shape index (κ3) is 4.79. The molecule has 0 atom stereocenters. The molecule has 1 aromatic heterocycles. The summed E-state index contributed by atoms with van der Waals surface area (Å²) in [5.41, 5.74) is -1.18. The van der Waals surface area contributed by atoms with Gasteiger partial charge < -0.3 is 5.32 Å². The van der Waals surface area contributed by atoms with E-state index < -0.39 is 33.8 Å². The number of amides is 1. The molecule has 1 aliphatic heterocycles. The zero-order chi connectivity index (χ0) is 22.1. The first kappa shape index (κ1) is 22.2. The zero-order valence-corrected chi connectivity index (χ0v) is 17.3. The summed E-state index contributed by atoms with van der Waals surface area (Å²) in [5.74, 6) is -0.878. The molecule has 8 nitrogen and oxygen atoms in total. The smallest absolute Gasteiger partial charge is 0.304 e. The van der Waals surface area contributed by atoms with Gasteiger partial charge in [0.25, 0.3) is 5.91 Å². The van der Waals surface area contributed by atoms with E-state index in [-0.39, 0.29) is 18.2 Å². The van der Waals surface area contributed by atoms with Gasteiger partial charge in [-0.1, -0.05) is 19.8 Å². The van der Waals surface area contributed by atoms with Gasteiger partial charge in [0.2, 0.25) is 0 Å². The second-order valence-corrected chi connectivity index (χ2v) is 8.91. The number of likely N-dealkylation sites (N-methyl/N-ethyl adjacent to an activating group) is 1. The Hall–Kier alpha value is -2.50. The van der Waals surface area contributed by atoms with E-state index in [4.69, 9.17) is 0 Å². The van der Waals surface area contributed by atoms with Crippen LogP contribution in [0.5, 0.6) is 0 Å². The summed E-state index contributed by atoms with van der Waals surface area (Å²) < 4.78 is 68.4. The molecule has 1 saturated carbocycles. The highest BCUT2D eigenvalue weighted by atomic mass is 32.2. The number of hydrogen-bond acceptors (Lipinski definition) is 5. The van der Waals surface area contributed by atoms with Crippen LogP contribution in [-0.4, -0.2) is 40.9 Å². The molecule has 1 amide bonds. The number of rotatable bonds is 4. The molecule has 1 N–H and O–H groups in total. The summed E-state index contributed by atoms with van der Waals surface area (Å²) in [6.07, 6.45) is 1.54. The average molecular weight is 445 g/mol. The monoisotopic (exact) mass is 445 g/mol. The van der Waals surface area contributed by atoms with Crippen molar-refractivity contribution < 1.29 is 26.4 Å². The van der Waals surface area contributed by atoms with Gasteiger partial charge in [0.1, 0.15) is 5.70 Å². The second kappa shape index (κ2) is 8.32. The van der Waals surface area contributed by atoms with Crippen molar-refractivity contribution in [1.82, 2.24) is 14.3 Å². The lowest BCUT2D eigenvalue weighted by Gasteiger charge is -2.31. The molecule has 1 aliphatic carbocycles. The van der Waals surface area contributed by atoms with Crippen LogP contribution in [0.4, 0.5) is 19.0 Å². The molecule has 30 heavy (non-hydrogen) atoms. The molecule has 12 heteroatoms. The fourth-order valence-corrected chi connectivity index (χ4v) is 4.83. The highest BCUT2D eigenvalue weighted by Gasteiger charge is 2.36. The number of alkyl halides is 3. The second-order valence-electron chi connectivity index (χ2n) is 7.39. The van der Waals surface area contributed by atoms with E-state index in [1.807, 2.05) is 0 Å². The van der Waals surface area contributed by atoms with Crippen LogP contribution in [0.3, 0.4) is 0 Å². The first-order chi connectivity index (χ1) is 14.0. The van der Waals surface area contributed by atoms with E-state index in [0.29, 0.717) is 17.8 Å². The molecule has 0 saturated heterocycles. The van der Waals surface area contributed by atoms with Crippen LogP contribution in [-0.2, 0) is 21.2 Å². The lowest BCUT2D eigenvalue weighted by Crippen LogP contribution is -2.39. The summed E-state index contributed by atoms with van der Waals surface area (Å²) in [6.45, 7) is 3.60. The van der Waals surface area contributed by atoms with Gasteiger partial charge in [-0.05, 0) is 31.8 Å². The zero-order valence-electron chi connectivity index (χ0n) is 16.5. The highest BCUT2D eigenvalue weighted by molar-refractivity contribution is 7.88. The number of nitrogens with zero attached hydrogens (tertiary/aromatic N) is 4. The van der Waals surface area contributed by atoms with Gasteiger partial charge in [-0.15, -0.1) is 4.40 Å². The molecule has 2 heterocycles. The maximum atomic E-state index is 12.8. The van der Waals surface area contributed by atoms with Crippen molar-refractivity contribution in [2.24, 2.45) is 16.2 Å². The Bertz CT molecular complexity index is 983. The number of carbonyl (C=O) groups excluding carboxylic acids is 1. The molecule has 1 fully saturated rings. The number of halogens is 3. The molecular formula is C18H22F3N5O3S. The fraction of sp³-hybridized carbons (Fsp3) is 0.556. The van der Waals surface area contributed by atoms with E-state index in [1.165, 1.54) is 13.0 Å². The largest absolute Gasteiger partial charge is 0.434 e. The van der Waals surface area contributed by atoms with Crippen molar-refractivity contribution >= 4 is 27.6 Å². The predicted molar refractivity (Wildman–Crippen MR) is 104 cm³/mol. The molecule has 1 aromatic rings.